The minimum Gasteiger partial charge on any atom is -0.353 e. The SMILES string of the molecule is CC(C)=CCC/C(C)=C/CCCCC([P+](=O)CO)P(=O)(O)O. The summed E-state index contributed by atoms with van der Waals surface area (Å²) in [5.74, 6) is 0. The number of hydrogen-bond acceptors (Lipinski definition) is 3. The molecule has 0 aliphatic carbocycles. The maximum absolute atomic E-state index is 11.5. The summed E-state index contributed by atoms with van der Waals surface area (Å²) in [7, 11) is -6.66. The smallest absolute Gasteiger partial charge is 0.353 e. The van der Waals surface area contributed by atoms with Crippen molar-refractivity contribution in [2.75, 3.05) is 6.35 Å². The van der Waals surface area contributed by atoms with Gasteiger partial charge in [-0.25, -0.2) is 0 Å². The van der Waals surface area contributed by atoms with Gasteiger partial charge >= 0.3 is 15.4 Å². The van der Waals surface area contributed by atoms with E-state index >= 15 is 0 Å². The van der Waals surface area contributed by atoms with E-state index < -0.39 is 27.1 Å². The largest absolute Gasteiger partial charge is 0.382 e. The van der Waals surface area contributed by atoms with Crippen LogP contribution in [0.15, 0.2) is 23.3 Å². The highest BCUT2D eigenvalue weighted by atomic mass is 31.2. The summed E-state index contributed by atoms with van der Waals surface area (Å²) >= 11 is 0. The quantitative estimate of drug-likeness (QED) is 0.289. The van der Waals surface area contributed by atoms with E-state index in [1.165, 1.54) is 11.1 Å². The molecule has 0 saturated carbocycles. The van der Waals surface area contributed by atoms with Crippen LogP contribution in [-0.4, -0.2) is 26.6 Å². The molecule has 0 bridgehead atoms. The molecule has 2 atom stereocenters. The van der Waals surface area contributed by atoms with Crippen molar-refractivity contribution in [2.45, 2.75) is 64.7 Å². The molecule has 0 radical (unpaired) electrons. The molecule has 128 valence electrons. The van der Waals surface area contributed by atoms with Gasteiger partial charge in [-0.05, 0) is 52.9 Å². The van der Waals surface area contributed by atoms with Crippen molar-refractivity contribution in [3.63, 3.8) is 0 Å². The molecule has 0 aromatic heterocycles. The van der Waals surface area contributed by atoms with Crippen molar-refractivity contribution in [3.8, 4) is 0 Å². The first kappa shape index (κ1) is 21.7. The monoisotopic (exact) mass is 351 g/mol. The molecule has 7 heteroatoms. The lowest BCUT2D eigenvalue weighted by molar-refractivity contribution is 0.350. The van der Waals surface area contributed by atoms with E-state index in [4.69, 9.17) is 14.9 Å². The Labute approximate surface area is 134 Å². The minimum atomic E-state index is -4.41. The van der Waals surface area contributed by atoms with E-state index in [0.717, 1.165) is 25.7 Å². The summed E-state index contributed by atoms with van der Waals surface area (Å²) in [5.41, 5.74) is 2.62. The average Bonchev–Trinajstić information content (AvgIpc) is 2.40. The number of aliphatic hydroxyl groups is 1. The van der Waals surface area contributed by atoms with E-state index in [2.05, 4.69) is 32.9 Å². The van der Waals surface area contributed by atoms with Crippen LogP contribution in [0.4, 0.5) is 0 Å². The molecule has 2 unspecified atom stereocenters. The third-order valence-corrected chi connectivity index (χ3v) is 7.27. The van der Waals surface area contributed by atoms with E-state index in [1.807, 2.05) is 0 Å². The molecule has 5 nitrogen and oxygen atoms in total. The fraction of sp³-hybridized carbons (Fsp3) is 0.733. The summed E-state index contributed by atoms with van der Waals surface area (Å²) in [4.78, 5) is 18.3. The Balaban J connectivity index is 4.11. The van der Waals surface area contributed by atoms with Crippen molar-refractivity contribution in [3.05, 3.63) is 23.3 Å². The molecule has 0 amide bonds. The Hall–Kier alpha value is -0.310. The molecule has 0 aromatic rings. The molecular formula is C15H29O5P2+. The van der Waals surface area contributed by atoms with Crippen molar-refractivity contribution >= 4 is 15.4 Å². The highest BCUT2D eigenvalue weighted by Gasteiger charge is 2.43. The number of aliphatic hydroxyl groups excluding tert-OH is 1. The lowest BCUT2D eigenvalue weighted by Gasteiger charge is -2.08. The van der Waals surface area contributed by atoms with Gasteiger partial charge < -0.3 is 14.9 Å². The van der Waals surface area contributed by atoms with Gasteiger partial charge in [0.1, 0.15) is 0 Å². The third-order valence-electron chi connectivity index (χ3n) is 3.36. The zero-order chi connectivity index (χ0) is 17.2. The van der Waals surface area contributed by atoms with Gasteiger partial charge in [-0.1, -0.05) is 27.9 Å². The molecule has 0 fully saturated rings. The average molecular weight is 351 g/mol. The molecule has 0 rings (SSSR count). The van der Waals surface area contributed by atoms with Gasteiger partial charge in [0.15, 0.2) is 0 Å². The molecule has 0 aromatic carbocycles. The van der Waals surface area contributed by atoms with Gasteiger partial charge in [0.2, 0.25) is 6.35 Å². The summed E-state index contributed by atoms with van der Waals surface area (Å²) < 4.78 is 22.8. The lowest BCUT2D eigenvalue weighted by atomic mass is 10.1. The fourth-order valence-corrected chi connectivity index (χ4v) is 4.82. The number of hydrogen-bond donors (Lipinski definition) is 3. The Morgan fingerprint density at radius 2 is 1.77 bits per heavy atom. The second-order valence-electron chi connectivity index (χ2n) is 5.78. The molecular weight excluding hydrogens is 322 g/mol. The summed E-state index contributed by atoms with van der Waals surface area (Å²) in [6.07, 6.45) is 8.16. The van der Waals surface area contributed by atoms with Crippen molar-refractivity contribution in [1.29, 1.82) is 0 Å². The highest BCUT2D eigenvalue weighted by molar-refractivity contribution is 7.67. The van der Waals surface area contributed by atoms with Gasteiger partial charge in [0.25, 0.3) is 5.40 Å². The highest BCUT2D eigenvalue weighted by Crippen LogP contribution is 2.55. The van der Waals surface area contributed by atoms with Crippen LogP contribution in [-0.2, 0) is 9.13 Å². The maximum atomic E-state index is 11.5. The number of unbranched alkanes of at least 4 members (excludes halogenated alkanes) is 2. The van der Waals surface area contributed by atoms with E-state index in [9.17, 15) is 9.13 Å². The van der Waals surface area contributed by atoms with Crippen LogP contribution in [0.3, 0.4) is 0 Å². The first-order valence-electron chi connectivity index (χ1n) is 7.57. The Bertz CT molecular complexity index is 447. The van der Waals surface area contributed by atoms with Gasteiger partial charge in [-0.2, -0.15) is 0 Å². The standard InChI is InChI=1S/C15H28O5P2/c1-13(2)8-7-10-14(3)9-5-4-6-11-15(21(17)12-16)22(18,19)20/h8-9,15-16H,4-7,10-12H2,1-3H3,(H-,18,19,20)/p+1/b14-9+. The first-order chi connectivity index (χ1) is 10.2. The van der Waals surface area contributed by atoms with Crippen LogP contribution in [0, 0.1) is 0 Å². The topological polar surface area (TPSA) is 94.8 Å². The van der Waals surface area contributed by atoms with Crippen molar-refractivity contribution in [1.82, 2.24) is 0 Å². The molecule has 22 heavy (non-hydrogen) atoms. The van der Waals surface area contributed by atoms with Gasteiger partial charge in [0.05, 0.1) is 0 Å². The second-order valence-corrected chi connectivity index (χ2v) is 9.73. The predicted octanol–water partition coefficient (Wildman–Crippen LogP) is 4.52. The predicted molar refractivity (Wildman–Crippen MR) is 91.4 cm³/mol. The first-order valence-corrected chi connectivity index (χ1v) is 10.8. The van der Waals surface area contributed by atoms with Crippen molar-refractivity contribution in [2.24, 2.45) is 0 Å². The second kappa shape index (κ2) is 11.3. The Kier molecular flexibility index (Phi) is 11.1. The summed E-state index contributed by atoms with van der Waals surface area (Å²) in [6, 6.07) is 0. The number of allylic oxidation sites excluding steroid dienone is 4. The molecule has 0 saturated heterocycles. The zero-order valence-electron chi connectivity index (χ0n) is 13.7. The minimum absolute atomic E-state index is 0.185. The summed E-state index contributed by atoms with van der Waals surface area (Å²) in [6.45, 7) is 6.24. The lowest BCUT2D eigenvalue weighted by Crippen LogP contribution is -2.05. The maximum Gasteiger partial charge on any atom is 0.382 e. The molecule has 0 heterocycles. The van der Waals surface area contributed by atoms with Crippen molar-refractivity contribution < 1.29 is 24.0 Å². The molecule has 0 aliphatic heterocycles. The molecule has 0 spiro atoms. The van der Waals surface area contributed by atoms with Gasteiger partial charge in [0, 0.05) is 6.42 Å². The van der Waals surface area contributed by atoms with E-state index in [0.29, 0.717) is 6.42 Å². The van der Waals surface area contributed by atoms with Crippen LogP contribution < -0.4 is 0 Å². The van der Waals surface area contributed by atoms with Crippen LogP contribution in [0.1, 0.15) is 59.3 Å². The van der Waals surface area contributed by atoms with Crippen LogP contribution >= 0.6 is 15.4 Å². The third kappa shape index (κ3) is 10.4. The Morgan fingerprint density at radius 1 is 1.14 bits per heavy atom. The van der Waals surface area contributed by atoms with E-state index in [1.54, 1.807) is 0 Å². The van der Waals surface area contributed by atoms with Gasteiger partial charge in [-0.3, -0.25) is 4.57 Å². The van der Waals surface area contributed by atoms with Crippen LogP contribution in [0.5, 0.6) is 0 Å². The molecule has 3 N–H and O–H groups in total. The fourth-order valence-electron chi connectivity index (χ4n) is 2.08. The van der Waals surface area contributed by atoms with Crippen LogP contribution in [0.25, 0.3) is 0 Å². The van der Waals surface area contributed by atoms with Crippen LogP contribution in [0.2, 0.25) is 0 Å². The number of rotatable bonds is 11. The zero-order valence-corrected chi connectivity index (χ0v) is 15.5. The summed E-state index contributed by atoms with van der Waals surface area (Å²) in [5, 5.41) is 7.61. The van der Waals surface area contributed by atoms with Gasteiger partial charge in [-0.15, -0.1) is 0 Å². The normalized spacial score (nSPS) is 14.6. The van der Waals surface area contributed by atoms with E-state index in [-0.39, 0.29) is 6.42 Å². The Morgan fingerprint density at radius 3 is 2.27 bits per heavy atom. The molecule has 0 aliphatic rings.